The summed E-state index contributed by atoms with van der Waals surface area (Å²) >= 11 is 13.2. The minimum atomic E-state index is -0.665. The van der Waals surface area contributed by atoms with Crippen molar-refractivity contribution in [2.45, 2.75) is 18.2 Å². The van der Waals surface area contributed by atoms with Crippen LogP contribution >= 0.6 is 35.0 Å². The van der Waals surface area contributed by atoms with Crippen molar-refractivity contribution < 1.29 is 28.6 Å². The van der Waals surface area contributed by atoms with Crippen LogP contribution in [0.25, 0.3) is 0 Å². The third-order valence-corrected chi connectivity index (χ3v) is 6.43. The third-order valence-electron chi connectivity index (χ3n) is 4.88. The van der Waals surface area contributed by atoms with E-state index < -0.39 is 23.9 Å². The normalized spacial score (nSPS) is 11.5. The number of anilines is 1. The quantitative estimate of drug-likeness (QED) is 0.300. The lowest BCUT2D eigenvalue weighted by Gasteiger charge is -2.15. The van der Waals surface area contributed by atoms with Crippen LogP contribution in [0.4, 0.5) is 5.69 Å². The monoisotopic (exact) mass is 552 g/mol. The van der Waals surface area contributed by atoms with Crippen LogP contribution in [0.2, 0.25) is 10.0 Å². The maximum absolute atomic E-state index is 12.6. The Hall–Kier alpha value is -3.28. The molecule has 36 heavy (non-hydrogen) atoms. The molecule has 0 saturated heterocycles. The van der Waals surface area contributed by atoms with E-state index in [0.29, 0.717) is 26.8 Å². The number of thioether (sulfide) groups is 1. The maximum Gasteiger partial charge on any atom is 0.339 e. The first-order valence-electron chi connectivity index (χ1n) is 10.4. The lowest BCUT2D eigenvalue weighted by atomic mass is 10.1. The molecule has 2 aromatic carbocycles. The zero-order valence-electron chi connectivity index (χ0n) is 19.7. The SMILES string of the molecule is COC(=O)c1ccc(C(=O)OC)c(NC(=O)CSc2nnc(C(C)Oc3ccc(Cl)cc3Cl)n2C)c1. The molecule has 3 aromatic rings. The molecule has 1 aromatic heterocycles. The van der Waals surface area contributed by atoms with E-state index >= 15 is 0 Å². The van der Waals surface area contributed by atoms with Gasteiger partial charge in [0.15, 0.2) is 17.1 Å². The van der Waals surface area contributed by atoms with Gasteiger partial charge in [-0.15, -0.1) is 10.2 Å². The molecule has 0 radical (unpaired) electrons. The van der Waals surface area contributed by atoms with Crippen molar-refractivity contribution in [3.8, 4) is 5.75 Å². The summed E-state index contributed by atoms with van der Waals surface area (Å²) in [5.41, 5.74) is 0.382. The van der Waals surface area contributed by atoms with E-state index in [0.717, 1.165) is 11.8 Å². The van der Waals surface area contributed by atoms with Crippen molar-refractivity contribution in [1.29, 1.82) is 0 Å². The second-order valence-electron chi connectivity index (χ2n) is 7.31. The molecule has 0 saturated carbocycles. The number of amides is 1. The molecule has 0 fully saturated rings. The number of methoxy groups -OCH3 is 2. The molecule has 1 amide bonds. The topological polar surface area (TPSA) is 122 Å². The van der Waals surface area contributed by atoms with E-state index in [2.05, 4.69) is 15.5 Å². The number of carbonyl (C=O) groups is 3. The molecule has 0 bridgehead atoms. The number of ether oxygens (including phenoxy) is 3. The summed E-state index contributed by atoms with van der Waals surface area (Å²) in [6.07, 6.45) is -0.493. The Morgan fingerprint density at radius 1 is 1.06 bits per heavy atom. The average molecular weight is 553 g/mol. The summed E-state index contributed by atoms with van der Waals surface area (Å²) in [7, 11) is 4.19. The molecule has 0 aliphatic carbocycles. The fraction of sp³-hybridized carbons (Fsp3) is 0.261. The van der Waals surface area contributed by atoms with Crippen molar-refractivity contribution >= 4 is 58.5 Å². The highest BCUT2D eigenvalue weighted by molar-refractivity contribution is 7.99. The minimum absolute atomic E-state index is 0.0483. The number of rotatable bonds is 9. The zero-order chi connectivity index (χ0) is 26.4. The number of nitrogens with one attached hydrogen (secondary N) is 1. The van der Waals surface area contributed by atoms with Gasteiger partial charge in [-0.05, 0) is 43.3 Å². The molecule has 3 rings (SSSR count). The van der Waals surface area contributed by atoms with Gasteiger partial charge in [-0.2, -0.15) is 0 Å². The zero-order valence-corrected chi connectivity index (χ0v) is 22.0. The second-order valence-corrected chi connectivity index (χ2v) is 9.10. The van der Waals surface area contributed by atoms with Crippen LogP contribution in [-0.2, 0) is 21.3 Å². The Morgan fingerprint density at radius 3 is 2.44 bits per heavy atom. The number of nitrogens with zero attached hydrogens (tertiary/aromatic N) is 3. The number of hydrogen-bond acceptors (Lipinski definition) is 9. The Morgan fingerprint density at radius 2 is 1.78 bits per heavy atom. The lowest BCUT2D eigenvalue weighted by molar-refractivity contribution is -0.113. The highest BCUT2D eigenvalue weighted by Crippen LogP contribution is 2.31. The van der Waals surface area contributed by atoms with Gasteiger partial charge in [-0.25, -0.2) is 9.59 Å². The van der Waals surface area contributed by atoms with Crippen molar-refractivity contribution in [1.82, 2.24) is 14.8 Å². The minimum Gasteiger partial charge on any atom is -0.481 e. The molecule has 1 heterocycles. The molecular formula is C23H22Cl2N4O6S. The van der Waals surface area contributed by atoms with Gasteiger partial charge in [0.05, 0.1) is 41.8 Å². The lowest BCUT2D eigenvalue weighted by Crippen LogP contribution is -2.18. The summed E-state index contributed by atoms with van der Waals surface area (Å²) in [4.78, 5) is 36.6. The van der Waals surface area contributed by atoms with Crippen LogP contribution in [0.3, 0.4) is 0 Å². The predicted molar refractivity (Wildman–Crippen MR) is 135 cm³/mol. The molecule has 0 aliphatic rings. The van der Waals surface area contributed by atoms with Crippen LogP contribution in [0.1, 0.15) is 39.6 Å². The summed E-state index contributed by atoms with van der Waals surface area (Å²) in [5, 5.41) is 12.2. The summed E-state index contributed by atoms with van der Waals surface area (Å²) in [6, 6.07) is 9.04. The van der Waals surface area contributed by atoms with Gasteiger partial charge in [0.25, 0.3) is 0 Å². The van der Waals surface area contributed by atoms with Gasteiger partial charge in [-0.1, -0.05) is 35.0 Å². The standard InChI is InChI=1S/C23H22Cl2N4O6S/c1-12(35-18-8-6-14(24)10-16(18)25)20-27-28-23(29(20)2)36-11-19(30)26-17-9-13(21(31)33-3)5-7-15(17)22(32)34-4/h5-10,12H,11H2,1-4H3,(H,26,30). The number of esters is 2. The van der Waals surface area contributed by atoms with E-state index in [-0.39, 0.29) is 22.6 Å². The Balaban J connectivity index is 1.68. The number of aromatic nitrogens is 3. The smallest absolute Gasteiger partial charge is 0.339 e. The second kappa shape index (κ2) is 12.1. The van der Waals surface area contributed by atoms with Crippen molar-refractivity contribution in [2.75, 3.05) is 25.3 Å². The summed E-state index contributed by atoms with van der Waals surface area (Å²) in [5.74, 6) is -0.800. The predicted octanol–water partition coefficient (Wildman–Crippen LogP) is 4.57. The number of hydrogen-bond donors (Lipinski definition) is 1. The van der Waals surface area contributed by atoms with Gasteiger partial charge in [0.2, 0.25) is 5.91 Å². The first kappa shape index (κ1) is 27.3. The number of carbonyl (C=O) groups excluding carboxylic acids is 3. The Bertz CT molecular complexity index is 1300. The van der Waals surface area contributed by atoms with Gasteiger partial charge < -0.3 is 24.1 Å². The molecule has 1 unspecified atom stereocenters. The molecular weight excluding hydrogens is 531 g/mol. The largest absolute Gasteiger partial charge is 0.481 e. The molecule has 0 aliphatic heterocycles. The van der Waals surface area contributed by atoms with Crippen LogP contribution < -0.4 is 10.1 Å². The highest BCUT2D eigenvalue weighted by atomic mass is 35.5. The third kappa shape index (κ3) is 6.48. The van der Waals surface area contributed by atoms with E-state index in [1.54, 1.807) is 36.7 Å². The van der Waals surface area contributed by atoms with E-state index in [4.69, 9.17) is 37.4 Å². The maximum atomic E-state index is 12.6. The highest BCUT2D eigenvalue weighted by Gasteiger charge is 2.21. The van der Waals surface area contributed by atoms with E-state index in [1.807, 2.05) is 0 Å². The fourth-order valence-corrected chi connectivity index (χ4v) is 4.29. The van der Waals surface area contributed by atoms with Crippen LogP contribution in [-0.4, -0.2) is 52.6 Å². The molecule has 0 spiro atoms. The first-order valence-corrected chi connectivity index (χ1v) is 12.1. The van der Waals surface area contributed by atoms with Gasteiger partial charge in [0.1, 0.15) is 5.75 Å². The van der Waals surface area contributed by atoms with Crippen LogP contribution in [0, 0.1) is 0 Å². The van der Waals surface area contributed by atoms with Gasteiger partial charge in [-0.3, -0.25) is 4.79 Å². The molecule has 1 N–H and O–H groups in total. The Labute approximate surface area is 221 Å². The Kier molecular flexibility index (Phi) is 9.19. The average Bonchev–Trinajstić information content (AvgIpc) is 3.23. The molecule has 1 atom stereocenters. The van der Waals surface area contributed by atoms with Crippen LogP contribution in [0.15, 0.2) is 41.6 Å². The fourth-order valence-electron chi connectivity index (χ4n) is 3.12. The van der Waals surface area contributed by atoms with E-state index in [1.165, 1.54) is 32.4 Å². The van der Waals surface area contributed by atoms with Crippen LogP contribution in [0.5, 0.6) is 5.75 Å². The van der Waals surface area contributed by atoms with E-state index in [9.17, 15) is 14.4 Å². The van der Waals surface area contributed by atoms with Gasteiger partial charge >= 0.3 is 11.9 Å². The van der Waals surface area contributed by atoms with Gasteiger partial charge in [0, 0.05) is 12.1 Å². The molecule has 10 nitrogen and oxygen atoms in total. The molecule has 190 valence electrons. The van der Waals surface area contributed by atoms with Crippen molar-refractivity contribution in [3.63, 3.8) is 0 Å². The number of benzene rings is 2. The summed E-state index contributed by atoms with van der Waals surface area (Å²) < 4.78 is 17.0. The molecule has 13 heteroatoms. The van der Waals surface area contributed by atoms with Crippen molar-refractivity contribution in [2.24, 2.45) is 7.05 Å². The van der Waals surface area contributed by atoms with Crippen molar-refractivity contribution in [3.05, 3.63) is 63.4 Å². The first-order chi connectivity index (χ1) is 17.1. The number of halogens is 2. The summed E-state index contributed by atoms with van der Waals surface area (Å²) in [6.45, 7) is 1.79.